The molecule has 5 rings (SSSR count). The van der Waals surface area contributed by atoms with Crippen LogP contribution in [0.3, 0.4) is 0 Å². The average Bonchev–Trinajstić information content (AvgIpc) is 3.36. The van der Waals surface area contributed by atoms with Crippen LogP contribution in [0.4, 0.5) is 5.82 Å². The van der Waals surface area contributed by atoms with Gasteiger partial charge in [0.2, 0.25) is 5.91 Å². The maximum Gasteiger partial charge on any atom is 0.225 e. The van der Waals surface area contributed by atoms with Crippen molar-refractivity contribution in [1.29, 1.82) is 0 Å². The van der Waals surface area contributed by atoms with Crippen LogP contribution in [-0.2, 0) is 24.1 Å². The first-order valence-corrected chi connectivity index (χ1v) is 12.9. The van der Waals surface area contributed by atoms with Crippen LogP contribution < -0.4 is 4.90 Å². The monoisotopic (exact) mass is 426 g/mol. The molecule has 0 N–H and O–H groups in total. The van der Waals surface area contributed by atoms with Crippen molar-refractivity contribution in [3.8, 4) is 0 Å². The van der Waals surface area contributed by atoms with E-state index in [2.05, 4.69) is 16.7 Å². The molecule has 3 aliphatic rings. The minimum absolute atomic E-state index is 0.283. The van der Waals surface area contributed by atoms with Crippen LogP contribution in [0.15, 0.2) is 0 Å². The molecule has 2 aromatic heterocycles. The van der Waals surface area contributed by atoms with E-state index in [-0.39, 0.29) is 5.92 Å². The van der Waals surface area contributed by atoms with E-state index in [0.717, 1.165) is 63.5 Å². The highest BCUT2D eigenvalue weighted by molar-refractivity contribution is 7.19. The number of nitrogens with zero attached hydrogens (tertiary/aromatic N) is 4. The number of carbonyl (C=O) groups is 1. The van der Waals surface area contributed by atoms with E-state index in [9.17, 15) is 4.79 Å². The summed E-state index contributed by atoms with van der Waals surface area (Å²) >= 11 is 1.91. The van der Waals surface area contributed by atoms with Crippen molar-refractivity contribution < 1.29 is 4.79 Å². The second-order valence-electron chi connectivity index (χ2n) is 9.25. The predicted molar refractivity (Wildman–Crippen MR) is 123 cm³/mol. The fourth-order valence-electron chi connectivity index (χ4n) is 5.49. The normalized spacial score (nSPS) is 20.6. The van der Waals surface area contributed by atoms with Gasteiger partial charge in [-0.2, -0.15) is 0 Å². The fraction of sp³-hybridized carbons (Fsp3) is 0.708. The summed E-state index contributed by atoms with van der Waals surface area (Å²) in [4.78, 5) is 30.2. The minimum Gasteiger partial charge on any atom is -0.352 e. The Hall–Kier alpha value is -1.69. The lowest BCUT2D eigenvalue weighted by Gasteiger charge is -2.37. The minimum atomic E-state index is 0.283. The molecule has 30 heavy (non-hydrogen) atoms. The number of amides is 1. The molecule has 0 aromatic carbocycles. The summed E-state index contributed by atoms with van der Waals surface area (Å²) in [6.45, 7) is 5.64. The number of rotatable bonds is 4. The average molecular weight is 427 g/mol. The lowest BCUT2D eigenvalue weighted by Crippen LogP contribution is -2.50. The van der Waals surface area contributed by atoms with E-state index < -0.39 is 0 Å². The van der Waals surface area contributed by atoms with Gasteiger partial charge in [-0.25, -0.2) is 9.97 Å². The topological polar surface area (TPSA) is 49.3 Å². The van der Waals surface area contributed by atoms with E-state index >= 15 is 0 Å². The Kier molecular flexibility index (Phi) is 5.94. The Labute approximate surface area is 183 Å². The second kappa shape index (κ2) is 8.81. The number of aromatic nitrogens is 2. The number of thiophene rings is 1. The first kappa shape index (κ1) is 20.2. The van der Waals surface area contributed by atoms with Gasteiger partial charge in [-0.3, -0.25) is 4.79 Å². The molecule has 1 aliphatic heterocycles. The van der Waals surface area contributed by atoms with E-state index in [1.54, 1.807) is 4.88 Å². The lowest BCUT2D eigenvalue weighted by atomic mass is 10.1. The van der Waals surface area contributed by atoms with Crippen LogP contribution in [0.2, 0.25) is 0 Å². The molecule has 0 atom stereocenters. The molecule has 2 fully saturated rings. The Morgan fingerprint density at radius 2 is 1.77 bits per heavy atom. The van der Waals surface area contributed by atoms with Gasteiger partial charge in [-0.05, 0) is 50.5 Å². The molecule has 2 aromatic rings. The molecule has 0 bridgehead atoms. The van der Waals surface area contributed by atoms with Crippen molar-refractivity contribution in [3.05, 3.63) is 16.3 Å². The van der Waals surface area contributed by atoms with Gasteiger partial charge in [0.25, 0.3) is 0 Å². The Bertz CT molecular complexity index is 910. The third kappa shape index (κ3) is 3.83. The summed E-state index contributed by atoms with van der Waals surface area (Å²) in [6, 6.07) is 0. The van der Waals surface area contributed by atoms with E-state index in [0.29, 0.717) is 5.91 Å². The molecule has 1 saturated carbocycles. The van der Waals surface area contributed by atoms with Gasteiger partial charge in [0, 0.05) is 43.4 Å². The number of aryl methyl sites for hydroxylation is 3. The summed E-state index contributed by atoms with van der Waals surface area (Å²) in [5.41, 5.74) is 1.52. The summed E-state index contributed by atoms with van der Waals surface area (Å²) in [6.07, 6.45) is 12.9. The lowest BCUT2D eigenvalue weighted by molar-refractivity contribution is -0.135. The predicted octanol–water partition coefficient (Wildman–Crippen LogP) is 4.75. The van der Waals surface area contributed by atoms with Gasteiger partial charge >= 0.3 is 0 Å². The number of hydrogen-bond acceptors (Lipinski definition) is 5. The van der Waals surface area contributed by atoms with Gasteiger partial charge in [-0.15, -0.1) is 11.3 Å². The number of fused-ring (bicyclic) bond motifs is 3. The van der Waals surface area contributed by atoms with Crippen molar-refractivity contribution in [3.63, 3.8) is 0 Å². The van der Waals surface area contributed by atoms with Gasteiger partial charge < -0.3 is 9.80 Å². The number of piperazine rings is 1. The standard InChI is InChI=1S/C24H34N4OS/c1-2-8-20-25-22(21-18-11-4-3-5-12-19(18)30-23(21)26-20)27-13-15-28(16-14-27)24(29)17-9-6-7-10-17/h17H,2-16H2,1H3. The highest BCUT2D eigenvalue weighted by Gasteiger charge is 2.31. The first-order chi connectivity index (χ1) is 14.7. The summed E-state index contributed by atoms with van der Waals surface area (Å²) < 4.78 is 0. The van der Waals surface area contributed by atoms with Crippen molar-refractivity contribution in [2.45, 2.75) is 77.6 Å². The van der Waals surface area contributed by atoms with Crippen LogP contribution in [-0.4, -0.2) is 47.0 Å². The molecule has 0 radical (unpaired) electrons. The molecule has 1 saturated heterocycles. The van der Waals surface area contributed by atoms with Crippen molar-refractivity contribution in [1.82, 2.24) is 14.9 Å². The zero-order valence-corrected chi connectivity index (χ0v) is 19.1. The smallest absolute Gasteiger partial charge is 0.225 e. The van der Waals surface area contributed by atoms with E-state index in [4.69, 9.17) is 9.97 Å². The highest BCUT2D eigenvalue weighted by Crippen LogP contribution is 2.39. The van der Waals surface area contributed by atoms with E-state index in [1.807, 2.05) is 11.3 Å². The van der Waals surface area contributed by atoms with Crippen LogP contribution in [0, 0.1) is 5.92 Å². The zero-order chi connectivity index (χ0) is 20.5. The maximum absolute atomic E-state index is 12.9. The Morgan fingerprint density at radius 1 is 1.00 bits per heavy atom. The molecular formula is C24H34N4OS. The third-order valence-corrected chi connectivity index (χ3v) is 8.35. The third-order valence-electron chi connectivity index (χ3n) is 7.16. The summed E-state index contributed by atoms with van der Waals surface area (Å²) in [7, 11) is 0. The molecule has 6 heteroatoms. The van der Waals surface area contributed by atoms with Gasteiger partial charge in [-0.1, -0.05) is 26.2 Å². The number of anilines is 1. The van der Waals surface area contributed by atoms with Crippen LogP contribution in [0.1, 0.15) is 74.6 Å². The SMILES string of the molecule is CCCc1nc(N2CCN(C(=O)C3CCCC3)CC2)c2c3c(sc2n1)CCCCC3. The quantitative estimate of drug-likeness (QED) is 0.662. The molecular weight excluding hydrogens is 392 g/mol. The molecule has 0 spiro atoms. The Balaban J connectivity index is 1.43. The Morgan fingerprint density at radius 3 is 2.53 bits per heavy atom. The molecule has 2 aliphatic carbocycles. The molecule has 0 unspecified atom stereocenters. The van der Waals surface area contributed by atoms with Crippen molar-refractivity contribution in [2.24, 2.45) is 5.92 Å². The molecule has 162 valence electrons. The summed E-state index contributed by atoms with van der Waals surface area (Å²) in [5.74, 6) is 2.82. The highest BCUT2D eigenvalue weighted by atomic mass is 32.1. The molecule has 1 amide bonds. The maximum atomic E-state index is 12.9. The first-order valence-electron chi connectivity index (χ1n) is 12.1. The number of hydrogen-bond donors (Lipinski definition) is 0. The van der Waals surface area contributed by atoms with Crippen LogP contribution in [0.5, 0.6) is 0 Å². The second-order valence-corrected chi connectivity index (χ2v) is 10.3. The van der Waals surface area contributed by atoms with Crippen molar-refractivity contribution >= 4 is 33.3 Å². The fourth-order valence-corrected chi connectivity index (χ4v) is 6.77. The van der Waals surface area contributed by atoms with Gasteiger partial charge in [0.15, 0.2) is 0 Å². The summed E-state index contributed by atoms with van der Waals surface area (Å²) in [5, 5.41) is 1.33. The van der Waals surface area contributed by atoms with Gasteiger partial charge in [0.1, 0.15) is 16.5 Å². The largest absolute Gasteiger partial charge is 0.352 e. The van der Waals surface area contributed by atoms with E-state index in [1.165, 1.54) is 60.7 Å². The number of carbonyl (C=O) groups excluding carboxylic acids is 1. The zero-order valence-electron chi connectivity index (χ0n) is 18.3. The van der Waals surface area contributed by atoms with Crippen LogP contribution >= 0.6 is 11.3 Å². The van der Waals surface area contributed by atoms with Crippen LogP contribution in [0.25, 0.3) is 10.2 Å². The van der Waals surface area contributed by atoms with Crippen molar-refractivity contribution in [2.75, 3.05) is 31.1 Å². The molecule has 5 nitrogen and oxygen atoms in total. The van der Waals surface area contributed by atoms with Gasteiger partial charge in [0.05, 0.1) is 5.39 Å². The molecule has 3 heterocycles.